The molecule has 0 heterocycles. The maximum atomic E-state index is 12.3. The van der Waals surface area contributed by atoms with E-state index in [-0.39, 0.29) is 12.2 Å². The Morgan fingerprint density at radius 3 is 2.45 bits per heavy atom. The highest BCUT2D eigenvalue weighted by Gasteiger charge is 2.11. The van der Waals surface area contributed by atoms with Gasteiger partial charge in [0.1, 0.15) is 5.75 Å². The highest BCUT2D eigenvalue weighted by molar-refractivity contribution is 6.30. The van der Waals surface area contributed by atoms with Crippen molar-refractivity contribution in [2.45, 2.75) is 19.8 Å². The fourth-order valence-electron chi connectivity index (χ4n) is 2.09. The van der Waals surface area contributed by atoms with E-state index in [9.17, 15) is 4.79 Å². The van der Waals surface area contributed by atoms with Gasteiger partial charge in [-0.15, -0.1) is 0 Å². The van der Waals surface area contributed by atoms with Crippen LogP contribution >= 0.6 is 11.6 Å². The molecule has 0 saturated carbocycles. The summed E-state index contributed by atoms with van der Waals surface area (Å²) in [6, 6.07) is 13.0. The fraction of sp³-hybridized carbons (Fsp3) is 0.235. The second-order valence-electron chi connectivity index (χ2n) is 4.61. The van der Waals surface area contributed by atoms with E-state index >= 15 is 0 Å². The number of Topliss-reactive ketones (excluding diaryl/α,β-unsaturated/α-hetero) is 1. The number of hydrogen-bond acceptors (Lipinski definition) is 2. The van der Waals surface area contributed by atoms with Gasteiger partial charge in [-0.25, -0.2) is 0 Å². The van der Waals surface area contributed by atoms with E-state index in [0.717, 1.165) is 12.0 Å². The molecule has 0 radical (unpaired) electrons. The first-order chi connectivity index (χ1) is 9.63. The summed E-state index contributed by atoms with van der Waals surface area (Å²) in [6.45, 7) is 2.09. The number of halogens is 1. The molecule has 0 saturated heterocycles. The van der Waals surface area contributed by atoms with Crippen molar-refractivity contribution < 1.29 is 9.53 Å². The van der Waals surface area contributed by atoms with Crippen LogP contribution in [0.25, 0.3) is 0 Å². The normalized spacial score (nSPS) is 10.3. The Kier molecular flexibility index (Phi) is 4.80. The zero-order valence-corrected chi connectivity index (χ0v) is 12.4. The van der Waals surface area contributed by atoms with Gasteiger partial charge in [0.25, 0.3) is 0 Å². The van der Waals surface area contributed by atoms with Gasteiger partial charge >= 0.3 is 0 Å². The van der Waals surface area contributed by atoms with Gasteiger partial charge in [-0.1, -0.05) is 42.8 Å². The molecular weight excluding hydrogens is 272 g/mol. The van der Waals surface area contributed by atoms with Gasteiger partial charge in [-0.05, 0) is 30.2 Å². The molecule has 0 aromatic heterocycles. The zero-order valence-electron chi connectivity index (χ0n) is 11.7. The topological polar surface area (TPSA) is 26.3 Å². The highest BCUT2D eigenvalue weighted by Crippen LogP contribution is 2.24. The van der Waals surface area contributed by atoms with Gasteiger partial charge in [0.15, 0.2) is 5.78 Å². The maximum absolute atomic E-state index is 12.3. The van der Waals surface area contributed by atoms with Crippen LogP contribution in [0.2, 0.25) is 5.02 Å². The molecule has 2 rings (SSSR count). The highest BCUT2D eigenvalue weighted by atomic mass is 35.5. The molecule has 0 spiro atoms. The molecule has 0 atom stereocenters. The van der Waals surface area contributed by atoms with E-state index in [1.54, 1.807) is 25.3 Å². The lowest BCUT2D eigenvalue weighted by molar-refractivity contribution is 0.0992. The second-order valence-corrected chi connectivity index (χ2v) is 5.04. The van der Waals surface area contributed by atoms with Crippen molar-refractivity contribution in [1.82, 2.24) is 0 Å². The van der Waals surface area contributed by atoms with Gasteiger partial charge in [0.05, 0.1) is 7.11 Å². The first-order valence-electron chi connectivity index (χ1n) is 6.58. The van der Waals surface area contributed by atoms with Gasteiger partial charge < -0.3 is 4.74 Å². The molecule has 104 valence electrons. The van der Waals surface area contributed by atoms with Crippen molar-refractivity contribution >= 4 is 17.4 Å². The van der Waals surface area contributed by atoms with E-state index in [2.05, 4.69) is 6.92 Å². The molecule has 0 fully saturated rings. The Hall–Kier alpha value is -1.80. The van der Waals surface area contributed by atoms with Gasteiger partial charge in [0, 0.05) is 22.6 Å². The standard InChI is InChI=1S/C17H17ClO2/c1-3-12-4-6-13(7-5-12)16(19)11-14-10-15(18)8-9-17(14)20-2/h4-10H,3,11H2,1-2H3. The molecule has 0 aliphatic carbocycles. The van der Waals surface area contributed by atoms with Crippen LogP contribution in [0.1, 0.15) is 28.4 Å². The quantitative estimate of drug-likeness (QED) is 0.765. The summed E-state index contributed by atoms with van der Waals surface area (Å²) in [5, 5.41) is 0.606. The number of carbonyl (C=O) groups excluding carboxylic acids is 1. The number of ketones is 1. The SMILES string of the molecule is CCc1ccc(C(=O)Cc2cc(Cl)ccc2OC)cc1. The van der Waals surface area contributed by atoms with Crippen molar-refractivity contribution in [3.8, 4) is 5.75 Å². The van der Waals surface area contributed by atoms with Crippen molar-refractivity contribution in [2.75, 3.05) is 7.11 Å². The van der Waals surface area contributed by atoms with Crippen LogP contribution in [0, 0.1) is 0 Å². The van der Waals surface area contributed by atoms with Crippen LogP contribution in [-0.4, -0.2) is 12.9 Å². The minimum atomic E-state index is 0.0632. The van der Waals surface area contributed by atoms with E-state index in [0.29, 0.717) is 16.3 Å². The van der Waals surface area contributed by atoms with E-state index in [4.69, 9.17) is 16.3 Å². The Morgan fingerprint density at radius 1 is 1.15 bits per heavy atom. The Labute approximate surface area is 124 Å². The third-order valence-corrected chi connectivity index (χ3v) is 3.51. The lowest BCUT2D eigenvalue weighted by Gasteiger charge is -2.08. The average Bonchev–Trinajstić information content (AvgIpc) is 2.47. The molecule has 0 amide bonds. The lowest BCUT2D eigenvalue weighted by Crippen LogP contribution is -2.05. The molecule has 0 N–H and O–H groups in total. The van der Waals surface area contributed by atoms with Crippen molar-refractivity contribution in [3.63, 3.8) is 0 Å². The van der Waals surface area contributed by atoms with E-state index in [1.807, 2.05) is 24.3 Å². The molecule has 20 heavy (non-hydrogen) atoms. The zero-order chi connectivity index (χ0) is 14.5. The van der Waals surface area contributed by atoms with Crippen LogP contribution in [0.4, 0.5) is 0 Å². The van der Waals surface area contributed by atoms with Crippen LogP contribution in [0.5, 0.6) is 5.75 Å². The molecular formula is C17H17ClO2. The predicted octanol–water partition coefficient (Wildman–Crippen LogP) is 4.34. The van der Waals surface area contributed by atoms with Crippen molar-refractivity contribution in [2.24, 2.45) is 0 Å². The average molecular weight is 289 g/mol. The predicted molar refractivity (Wildman–Crippen MR) is 81.9 cm³/mol. The number of benzene rings is 2. The summed E-state index contributed by atoms with van der Waals surface area (Å²) >= 11 is 5.98. The molecule has 0 bridgehead atoms. The third-order valence-electron chi connectivity index (χ3n) is 3.28. The largest absolute Gasteiger partial charge is 0.496 e. The summed E-state index contributed by atoms with van der Waals surface area (Å²) in [6.07, 6.45) is 1.26. The summed E-state index contributed by atoms with van der Waals surface area (Å²) in [4.78, 5) is 12.3. The van der Waals surface area contributed by atoms with Crippen LogP contribution in [0.15, 0.2) is 42.5 Å². The van der Waals surface area contributed by atoms with Crippen LogP contribution in [0.3, 0.4) is 0 Å². The third kappa shape index (κ3) is 3.40. The number of methoxy groups -OCH3 is 1. The van der Waals surface area contributed by atoms with E-state index < -0.39 is 0 Å². The molecule has 0 aliphatic rings. The molecule has 3 heteroatoms. The molecule has 0 unspecified atom stereocenters. The number of rotatable bonds is 5. The summed E-state index contributed by atoms with van der Waals surface area (Å²) in [5.41, 5.74) is 2.75. The smallest absolute Gasteiger partial charge is 0.167 e. The summed E-state index contributed by atoms with van der Waals surface area (Å²) < 4.78 is 5.26. The van der Waals surface area contributed by atoms with E-state index in [1.165, 1.54) is 5.56 Å². The van der Waals surface area contributed by atoms with Crippen molar-refractivity contribution in [3.05, 3.63) is 64.2 Å². The maximum Gasteiger partial charge on any atom is 0.167 e. The first kappa shape index (κ1) is 14.6. The minimum absolute atomic E-state index is 0.0632. The van der Waals surface area contributed by atoms with Gasteiger partial charge in [-0.2, -0.15) is 0 Å². The van der Waals surface area contributed by atoms with Crippen molar-refractivity contribution in [1.29, 1.82) is 0 Å². The molecule has 2 aromatic carbocycles. The molecule has 0 aliphatic heterocycles. The second kappa shape index (κ2) is 6.58. The van der Waals surface area contributed by atoms with Gasteiger partial charge in [-0.3, -0.25) is 4.79 Å². The Morgan fingerprint density at radius 2 is 1.85 bits per heavy atom. The lowest BCUT2D eigenvalue weighted by atomic mass is 10.0. The molecule has 2 aromatic rings. The monoisotopic (exact) mass is 288 g/mol. The first-order valence-corrected chi connectivity index (χ1v) is 6.96. The Bertz CT molecular complexity index is 603. The number of hydrogen-bond donors (Lipinski definition) is 0. The number of carbonyl (C=O) groups is 1. The van der Waals surface area contributed by atoms with Gasteiger partial charge in [0.2, 0.25) is 0 Å². The molecule has 2 nitrogen and oxygen atoms in total. The number of ether oxygens (including phenoxy) is 1. The Balaban J connectivity index is 2.20. The fourth-order valence-corrected chi connectivity index (χ4v) is 2.28. The summed E-state index contributed by atoms with van der Waals surface area (Å²) in [7, 11) is 1.59. The summed E-state index contributed by atoms with van der Waals surface area (Å²) in [5.74, 6) is 0.751. The minimum Gasteiger partial charge on any atom is -0.496 e. The van der Waals surface area contributed by atoms with Crippen LogP contribution in [-0.2, 0) is 12.8 Å². The number of aryl methyl sites for hydroxylation is 1. The van der Waals surface area contributed by atoms with Crippen LogP contribution < -0.4 is 4.74 Å².